The highest BCUT2D eigenvalue weighted by atomic mass is 79.9. The minimum atomic E-state index is -0.366. The number of carbonyl (C=O) groups is 1. The van der Waals surface area contributed by atoms with Crippen molar-refractivity contribution in [2.75, 3.05) is 5.32 Å². The molecule has 3 rings (SSSR count). The van der Waals surface area contributed by atoms with E-state index < -0.39 is 0 Å². The normalized spacial score (nSPS) is 10.7. The smallest absolute Gasteiger partial charge is 0.257 e. The van der Waals surface area contributed by atoms with Crippen molar-refractivity contribution < 1.29 is 9.18 Å². The highest BCUT2D eigenvalue weighted by Gasteiger charge is 2.11. The highest BCUT2D eigenvalue weighted by Crippen LogP contribution is 2.22. The summed E-state index contributed by atoms with van der Waals surface area (Å²) in [5.41, 5.74) is 1.87. The van der Waals surface area contributed by atoms with Crippen LogP contribution < -0.4 is 5.32 Å². The molecule has 0 spiro atoms. The number of anilines is 1. The maximum absolute atomic E-state index is 13.2. The summed E-state index contributed by atoms with van der Waals surface area (Å²) in [6.07, 6.45) is 1.79. The number of para-hydroxylation sites is 1. The molecule has 3 aromatic rings. The Labute approximate surface area is 122 Å². The first kappa shape index (κ1) is 12.9. The Kier molecular flexibility index (Phi) is 3.28. The summed E-state index contributed by atoms with van der Waals surface area (Å²) in [7, 11) is 0. The molecular weight excluding hydrogens is 323 g/mol. The van der Waals surface area contributed by atoms with Gasteiger partial charge in [0.2, 0.25) is 0 Å². The van der Waals surface area contributed by atoms with Gasteiger partial charge in [-0.25, -0.2) is 4.39 Å². The predicted molar refractivity (Wildman–Crippen MR) is 80.4 cm³/mol. The Morgan fingerprint density at radius 1 is 1.20 bits per heavy atom. The molecule has 0 bridgehead atoms. The molecule has 3 nitrogen and oxygen atoms in total. The first-order valence-corrected chi connectivity index (χ1v) is 6.77. The lowest BCUT2D eigenvalue weighted by molar-refractivity contribution is 0.102. The van der Waals surface area contributed by atoms with Gasteiger partial charge in [0, 0.05) is 17.3 Å². The van der Waals surface area contributed by atoms with E-state index in [0.717, 1.165) is 10.9 Å². The average Bonchev–Trinajstić information content (AvgIpc) is 2.91. The van der Waals surface area contributed by atoms with Crippen LogP contribution >= 0.6 is 15.9 Å². The average molecular weight is 333 g/mol. The van der Waals surface area contributed by atoms with Gasteiger partial charge in [-0.2, -0.15) is 0 Å². The summed E-state index contributed by atoms with van der Waals surface area (Å²) in [6, 6.07) is 11.7. The van der Waals surface area contributed by atoms with Crippen LogP contribution in [0.15, 0.2) is 53.1 Å². The SMILES string of the molecule is O=C(Nc1ccc(F)c(Br)c1)c1cccc2cc[nH]c12. The van der Waals surface area contributed by atoms with Crippen molar-refractivity contribution in [3.8, 4) is 0 Å². The third-order valence-electron chi connectivity index (χ3n) is 3.01. The summed E-state index contributed by atoms with van der Waals surface area (Å²) in [5.74, 6) is -0.606. The molecule has 0 saturated carbocycles. The summed E-state index contributed by atoms with van der Waals surface area (Å²) in [4.78, 5) is 15.3. The van der Waals surface area contributed by atoms with Crippen LogP contribution in [0.25, 0.3) is 10.9 Å². The Hall–Kier alpha value is -2.14. The molecule has 2 N–H and O–H groups in total. The van der Waals surface area contributed by atoms with E-state index in [4.69, 9.17) is 0 Å². The molecular formula is C15H10BrFN2O. The number of rotatable bonds is 2. The fraction of sp³-hybridized carbons (Fsp3) is 0. The molecule has 0 atom stereocenters. The molecule has 0 aliphatic heterocycles. The number of benzene rings is 2. The van der Waals surface area contributed by atoms with Crippen LogP contribution in [0.1, 0.15) is 10.4 Å². The highest BCUT2D eigenvalue weighted by molar-refractivity contribution is 9.10. The van der Waals surface area contributed by atoms with E-state index >= 15 is 0 Å². The van der Waals surface area contributed by atoms with Gasteiger partial charge in [-0.1, -0.05) is 12.1 Å². The molecule has 20 heavy (non-hydrogen) atoms. The molecule has 5 heteroatoms. The third kappa shape index (κ3) is 2.32. The molecule has 0 aliphatic rings. The third-order valence-corrected chi connectivity index (χ3v) is 3.62. The number of nitrogens with one attached hydrogen (secondary N) is 2. The van der Waals surface area contributed by atoms with E-state index in [1.807, 2.05) is 18.2 Å². The number of halogens is 2. The largest absolute Gasteiger partial charge is 0.361 e. The van der Waals surface area contributed by atoms with Gasteiger partial charge in [0.25, 0.3) is 5.91 Å². The van der Waals surface area contributed by atoms with Gasteiger partial charge in [0.05, 0.1) is 15.6 Å². The predicted octanol–water partition coefficient (Wildman–Crippen LogP) is 4.32. The second-order valence-electron chi connectivity index (χ2n) is 4.33. The molecule has 2 aromatic carbocycles. The number of carbonyl (C=O) groups excluding carboxylic acids is 1. The molecule has 1 heterocycles. The van der Waals surface area contributed by atoms with E-state index in [9.17, 15) is 9.18 Å². The maximum Gasteiger partial charge on any atom is 0.257 e. The number of hydrogen-bond acceptors (Lipinski definition) is 1. The Bertz CT molecular complexity index is 797. The minimum absolute atomic E-state index is 0.239. The zero-order valence-electron chi connectivity index (χ0n) is 10.3. The molecule has 0 fully saturated rings. The van der Waals surface area contributed by atoms with Crippen molar-refractivity contribution in [1.29, 1.82) is 0 Å². The van der Waals surface area contributed by atoms with E-state index in [2.05, 4.69) is 26.2 Å². The quantitative estimate of drug-likeness (QED) is 0.721. The molecule has 1 amide bonds. The number of aromatic amines is 1. The Morgan fingerprint density at radius 2 is 2.05 bits per heavy atom. The van der Waals surface area contributed by atoms with Crippen molar-refractivity contribution >= 4 is 38.4 Å². The molecule has 100 valence electrons. The fourth-order valence-electron chi connectivity index (χ4n) is 2.05. The lowest BCUT2D eigenvalue weighted by Gasteiger charge is -2.07. The maximum atomic E-state index is 13.2. The first-order chi connectivity index (χ1) is 9.65. The zero-order valence-corrected chi connectivity index (χ0v) is 11.9. The standard InChI is InChI=1S/C15H10BrFN2O/c16-12-8-10(4-5-13(12)17)19-15(20)11-3-1-2-9-6-7-18-14(9)11/h1-8,18H,(H,19,20). The summed E-state index contributed by atoms with van der Waals surface area (Å²) in [5, 5.41) is 3.72. The van der Waals surface area contributed by atoms with Crippen LogP contribution in [-0.2, 0) is 0 Å². The van der Waals surface area contributed by atoms with Gasteiger partial charge in [-0.05, 0) is 46.3 Å². The van der Waals surface area contributed by atoms with E-state index in [1.54, 1.807) is 12.3 Å². The second kappa shape index (κ2) is 5.09. The lowest BCUT2D eigenvalue weighted by atomic mass is 10.1. The number of hydrogen-bond donors (Lipinski definition) is 2. The fourth-order valence-corrected chi connectivity index (χ4v) is 2.43. The van der Waals surface area contributed by atoms with Crippen LogP contribution in [0, 0.1) is 5.82 Å². The molecule has 1 aromatic heterocycles. The van der Waals surface area contributed by atoms with E-state index in [-0.39, 0.29) is 11.7 Å². The van der Waals surface area contributed by atoms with Crippen LogP contribution in [0.5, 0.6) is 0 Å². The van der Waals surface area contributed by atoms with Crippen molar-refractivity contribution in [3.63, 3.8) is 0 Å². The monoisotopic (exact) mass is 332 g/mol. The number of H-pyrrole nitrogens is 1. The minimum Gasteiger partial charge on any atom is -0.361 e. The molecule has 0 saturated heterocycles. The van der Waals surface area contributed by atoms with Crippen LogP contribution in [0.4, 0.5) is 10.1 Å². The van der Waals surface area contributed by atoms with Gasteiger partial charge >= 0.3 is 0 Å². The zero-order chi connectivity index (χ0) is 14.1. The number of amides is 1. The van der Waals surface area contributed by atoms with Gasteiger partial charge in [0.1, 0.15) is 5.82 Å². The van der Waals surface area contributed by atoms with Gasteiger partial charge < -0.3 is 10.3 Å². The summed E-state index contributed by atoms with van der Waals surface area (Å²) >= 11 is 3.09. The van der Waals surface area contributed by atoms with Crippen LogP contribution in [-0.4, -0.2) is 10.9 Å². The van der Waals surface area contributed by atoms with Gasteiger partial charge in [0.15, 0.2) is 0 Å². The number of aromatic nitrogens is 1. The second-order valence-corrected chi connectivity index (χ2v) is 5.18. The van der Waals surface area contributed by atoms with Gasteiger partial charge in [-0.3, -0.25) is 4.79 Å². The van der Waals surface area contributed by atoms with Crippen LogP contribution in [0.2, 0.25) is 0 Å². The van der Waals surface area contributed by atoms with Crippen molar-refractivity contribution in [3.05, 3.63) is 64.5 Å². The van der Waals surface area contributed by atoms with E-state index in [1.165, 1.54) is 18.2 Å². The molecule has 0 unspecified atom stereocenters. The molecule has 0 aliphatic carbocycles. The Morgan fingerprint density at radius 3 is 2.85 bits per heavy atom. The summed E-state index contributed by atoms with van der Waals surface area (Å²) < 4.78 is 13.5. The summed E-state index contributed by atoms with van der Waals surface area (Å²) in [6.45, 7) is 0. The van der Waals surface area contributed by atoms with Crippen LogP contribution in [0.3, 0.4) is 0 Å². The van der Waals surface area contributed by atoms with Crippen molar-refractivity contribution in [2.24, 2.45) is 0 Å². The van der Waals surface area contributed by atoms with Crippen molar-refractivity contribution in [2.45, 2.75) is 0 Å². The lowest BCUT2D eigenvalue weighted by Crippen LogP contribution is -2.12. The Balaban J connectivity index is 1.93. The topological polar surface area (TPSA) is 44.9 Å². The molecule has 0 radical (unpaired) electrons. The first-order valence-electron chi connectivity index (χ1n) is 5.97. The number of fused-ring (bicyclic) bond motifs is 1. The van der Waals surface area contributed by atoms with Crippen molar-refractivity contribution in [1.82, 2.24) is 4.98 Å². The van der Waals surface area contributed by atoms with Gasteiger partial charge in [-0.15, -0.1) is 0 Å². The van der Waals surface area contributed by atoms with E-state index in [0.29, 0.717) is 15.7 Å².